The minimum atomic E-state index is -0.656. The smallest absolute Gasteiger partial charge is 0.271 e. The first-order chi connectivity index (χ1) is 23.3. The fourth-order valence-corrected chi connectivity index (χ4v) is 7.14. The maximum atomic E-state index is 14.2. The van der Waals surface area contributed by atoms with E-state index in [9.17, 15) is 9.59 Å². The van der Waals surface area contributed by atoms with Crippen LogP contribution in [0.1, 0.15) is 36.6 Å². The zero-order valence-corrected chi connectivity index (χ0v) is 29.1. The summed E-state index contributed by atoms with van der Waals surface area (Å²) in [6, 6.07) is 29.7. The van der Waals surface area contributed by atoms with Crippen LogP contribution in [0.15, 0.2) is 123 Å². The quantitative estimate of drug-likeness (QED) is 0.152. The first kappa shape index (κ1) is 33.0. The Kier molecular flexibility index (Phi) is 10.2. The molecule has 1 aromatic heterocycles. The molecule has 1 aliphatic heterocycles. The van der Waals surface area contributed by atoms with Crippen molar-refractivity contribution in [1.82, 2.24) is 4.57 Å². The molecular formula is C38H34BrN3O5S. The number of carbonyl (C=O) groups excluding carboxylic acids is 1. The Morgan fingerprint density at radius 1 is 0.917 bits per heavy atom. The molecule has 0 bridgehead atoms. The largest absolute Gasteiger partial charge is 0.490 e. The van der Waals surface area contributed by atoms with Gasteiger partial charge in [-0.15, -0.1) is 0 Å². The number of para-hydroxylation sites is 2. The van der Waals surface area contributed by atoms with Crippen LogP contribution in [0.4, 0.5) is 5.69 Å². The number of anilines is 1. The number of allylic oxidation sites excluding steroid dienone is 1. The molecule has 0 saturated heterocycles. The van der Waals surface area contributed by atoms with Gasteiger partial charge in [-0.1, -0.05) is 78.1 Å². The van der Waals surface area contributed by atoms with Crippen LogP contribution >= 0.6 is 27.3 Å². The number of ether oxygens (including phenoxy) is 3. The van der Waals surface area contributed by atoms with Gasteiger partial charge in [-0.05, 0) is 89.8 Å². The van der Waals surface area contributed by atoms with Crippen molar-refractivity contribution in [3.63, 3.8) is 0 Å². The Balaban J connectivity index is 1.33. The van der Waals surface area contributed by atoms with Crippen LogP contribution in [-0.4, -0.2) is 30.3 Å². The highest BCUT2D eigenvalue weighted by molar-refractivity contribution is 9.10. The SMILES string of the molecule is CCOc1cc(/C=c2\sc3n(c2=O)[C@H](c2ccccc2)C(C(=O)Nc2ccccc2)=C(C)N=3)cc(Br)c1OCCOc1ccccc1C. The average Bonchev–Trinajstić information content (AvgIpc) is 3.38. The minimum Gasteiger partial charge on any atom is -0.490 e. The topological polar surface area (TPSA) is 91.2 Å². The summed E-state index contributed by atoms with van der Waals surface area (Å²) in [5, 5.41) is 2.98. The number of carbonyl (C=O) groups is 1. The Bertz CT molecular complexity index is 2160. The highest BCUT2D eigenvalue weighted by Crippen LogP contribution is 2.37. The predicted octanol–water partition coefficient (Wildman–Crippen LogP) is 6.80. The monoisotopic (exact) mass is 723 g/mol. The Labute approximate surface area is 290 Å². The van der Waals surface area contributed by atoms with Gasteiger partial charge in [-0.2, -0.15) is 0 Å². The molecule has 48 heavy (non-hydrogen) atoms. The van der Waals surface area contributed by atoms with Gasteiger partial charge in [0.1, 0.15) is 19.0 Å². The number of aryl methyl sites for hydroxylation is 1. The number of halogens is 1. The molecular weight excluding hydrogens is 690 g/mol. The van der Waals surface area contributed by atoms with E-state index in [-0.39, 0.29) is 11.5 Å². The normalized spacial score (nSPS) is 14.2. The van der Waals surface area contributed by atoms with E-state index in [1.165, 1.54) is 11.3 Å². The van der Waals surface area contributed by atoms with E-state index in [4.69, 9.17) is 19.2 Å². The summed E-state index contributed by atoms with van der Waals surface area (Å²) in [6.07, 6.45) is 1.81. The van der Waals surface area contributed by atoms with Gasteiger partial charge >= 0.3 is 0 Å². The molecule has 0 saturated carbocycles. The number of aromatic nitrogens is 1. The Morgan fingerprint density at radius 2 is 1.60 bits per heavy atom. The highest BCUT2D eigenvalue weighted by atomic mass is 79.9. The van der Waals surface area contributed by atoms with Gasteiger partial charge in [0.05, 0.1) is 32.9 Å². The first-order valence-electron chi connectivity index (χ1n) is 15.6. The molecule has 1 N–H and O–H groups in total. The van der Waals surface area contributed by atoms with E-state index in [0.29, 0.717) is 62.1 Å². The molecule has 244 valence electrons. The molecule has 5 aromatic rings. The van der Waals surface area contributed by atoms with Crippen LogP contribution in [0.3, 0.4) is 0 Å². The van der Waals surface area contributed by atoms with Crippen molar-refractivity contribution < 1.29 is 19.0 Å². The van der Waals surface area contributed by atoms with Gasteiger partial charge in [0, 0.05) is 5.69 Å². The molecule has 1 atom stereocenters. The summed E-state index contributed by atoms with van der Waals surface area (Å²) in [5.74, 6) is 1.60. The number of nitrogens with one attached hydrogen (secondary N) is 1. The molecule has 10 heteroatoms. The van der Waals surface area contributed by atoms with Crippen molar-refractivity contribution in [2.75, 3.05) is 25.1 Å². The molecule has 2 heterocycles. The van der Waals surface area contributed by atoms with E-state index < -0.39 is 6.04 Å². The molecule has 1 amide bonds. The molecule has 0 fully saturated rings. The summed E-state index contributed by atoms with van der Waals surface area (Å²) in [7, 11) is 0. The van der Waals surface area contributed by atoms with E-state index in [1.807, 2.05) is 124 Å². The van der Waals surface area contributed by atoms with E-state index in [0.717, 1.165) is 22.4 Å². The van der Waals surface area contributed by atoms with Gasteiger partial charge in [0.15, 0.2) is 16.3 Å². The number of nitrogens with zero attached hydrogens (tertiary/aromatic N) is 2. The number of amides is 1. The summed E-state index contributed by atoms with van der Waals surface area (Å²) in [5.41, 5.74) is 4.00. The second-order valence-electron chi connectivity index (χ2n) is 11.0. The average molecular weight is 725 g/mol. The van der Waals surface area contributed by atoms with Crippen LogP contribution < -0.4 is 34.4 Å². The fraction of sp³-hybridized carbons (Fsp3) is 0.184. The third kappa shape index (κ3) is 7.14. The summed E-state index contributed by atoms with van der Waals surface area (Å²) in [4.78, 5) is 33.2. The second-order valence-corrected chi connectivity index (χ2v) is 12.9. The zero-order chi connectivity index (χ0) is 33.6. The third-order valence-corrected chi connectivity index (χ3v) is 9.30. The predicted molar refractivity (Wildman–Crippen MR) is 193 cm³/mol. The third-order valence-electron chi connectivity index (χ3n) is 7.72. The lowest BCUT2D eigenvalue weighted by Crippen LogP contribution is -2.40. The van der Waals surface area contributed by atoms with E-state index in [1.54, 1.807) is 4.57 Å². The van der Waals surface area contributed by atoms with Crippen LogP contribution in [0, 0.1) is 6.92 Å². The molecule has 6 rings (SSSR count). The lowest BCUT2D eigenvalue weighted by Gasteiger charge is -2.25. The summed E-state index contributed by atoms with van der Waals surface area (Å²) < 4.78 is 20.7. The lowest BCUT2D eigenvalue weighted by atomic mass is 9.95. The van der Waals surface area contributed by atoms with Crippen LogP contribution in [0.25, 0.3) is 6.08 Å². The number of hydrogen-bond acceptors (Lipinski definition) is 7. The number of thiazole rings is 1. The first-order valence-corrected chi connectivity index (χ1v) is 17.2. The number of benzene rings is 4. The van der Waals surface area contributed by atoms with Crippen molar-refractivity contribution >= 4 is 44.9 Å². The second kappa shape index (κ2) is 14.9. The summed E-state index contributed by atoms with van der Waals surface area (Å²) in [6.45, 7) is 6.81. The maximum absolute atomic E-state index is 14.2. The zero-order valence-electron chi connectivity index (χ0n) is 26.7. The Hall–Kier alpha value is -4.93. The number of rotatable bonds is 11. The number of hydrogen-bond donors (Lipinski definition) is 1. The molecule has 0 unspecified atom stereocenters. The van der Waals surface area contributed by atoms with Crippen molar-refractivity contribution in [3.8, 4) is 17.2 Å². The highest BCUT2D eigenvalue weighted by Gasteiger charge is 2.32. The molecule has 0 radical (unpaired) electrons. The van der Waals surface area contributed by atoms with E-state index >= 15 is 0 Å². The van der Waals surface area contributed by atoms with Crippen molar-refractivity contribution in [3.05, 3.63) is 149 Å². The van der Waals surface area contributed by atoms with Gasteiger partial charge in [-0.25, -0.2) is 4.99 Å². The van der Waals surface area contributed by atoms with Crippen molar-refractivity contribution in [2.45, 2.75) is 26.8 Å². The summed E-state index contributed by atoms with van der Waals surface area (Å²) >= 11 is 4.93. The lowest BCUT2D eigenvalue weighted by molar-refractivity contribution is -0.113. The van der Waals surface area contributed by atoms with Crippen LogP contribution in [0.5, 0.6) is 17.2 Å². The van der Waals surface area contributed by atoms with Gasteiger partial charge < -0.3 is 19.5 Å². The molecule has 1 aliphatic rings. The van der Waals surface area contributed by atoms with Crippen molar-refractivity contribution in [1.29, 1.82) is 0 Å². The molecule has 0 spiro atoms. The minimum absolute atomic E-state index is 0.243. The maximum Gasteiger partial charge on any atom is 0.271 e. The van der Waals surface area contributed by atoms with Crippen molar-refractivity contribution in [2.24, 2.45) is 4.99 Å². The van der Waals surface area contributed by atoms with Gasteiger partial charge in [0.25, 0.3) is 11.5 Å². The van der Waals surface area contributed by atoms with Crippen LogP contribution in [-0.2, 0) is 4.79 Å². The number of fused-ring (bicyclic) bond motifs is 1. The molecule has 4 aromatic carbocycles. The molecule has 8 nitrogen and oxygen atoms in total. The van der Waals surface area contributed by atoms with Gasteiger partial charge in [-0.3, -0.25) is 14.2 Å². The fourth-order valence-electron chi connectivity index (χ4n) is 5.52. The standard InChI is InChI=1S/C38H34BrN3O5S/c1-4-45-31-22-26(21-29(39)35(31)47-20-19-46-30-18-12-11-13-24(30)2)23-32-37(44)42-34(27-14-7-5-8-15-27)33(25(3)40-38(42)48-32)36(43)41-28-16-9-6-10-17-28/h5-18,21-23,34H,4,19-20H2,1-3H3,(H,41,43)/b32-23-/t34-/m1/s1. The van der Waals surface area contributed by atoms with E-state index in [2.05, 4.69) is 21.2 Å². The molecule has 0 aliphatic carbocycles. The van der Waals surface area contributed by atoms with Crippen LogP contribution in [0.2, 0.25) is 0 Å². The van der Waals surface area contributed by atoms with Gasteiger partial charge in [0.2, 0.25) is 0 Å². The Morgan fingerprint density at radius 3 is 2.33 bits per heavy atom.